The van der Waals surface area contributed by atoms with E-state index in [0.717, 1.165) is 6.42 Å². The predicted octanol–water partition coefficient (Wildman–Crippen LogP) is 1.03. The highest BCUT2D eigenvalue weighted by Gasteiger charge is 2.00. The summed E-state index contributed by atoms with van der Waals surface area (Å²) in [6.07, 6.45) is 2.54. The molecule has 0 spiro atoms. The normalized spacial score (nSPS) is 9.62. The number of nitrogens with one attached hydrogen (secondary N) is 2. The Morgan fingerprint density at radius 3 is 2.88 bits per heavy atom. The summed E-state index contributed by atoms with van der Waals surface area (Å²) in [4.78, 5) is 15.4. The monoisotopic (exact) mass is 223 g/mol. The zero-order valence-electron chi connectivity index (χ0n) is 9.62. The van der Waals surface area contributed by atoms with Gasteiger partial charge in [0.15, 0.2) is 0 Å². The Morgan fingerprint density at radius 2 is 2.31 bits per heavy atom. The molecule has 1 aromatic heterocycles. The first-order valence-corrected chi connectivity index (χ1v) is 5.27. The molecular formula is C11H17N3O2. The second kappa shape index (κ2) is 6.66. The van der Waals surface area contributed by atoms with Crippen LogP contribution in [0.3, 0.4) is 0 Å². The number of amides is 1. The van der Waals surface area contributed by atoms with Crippen LogP contribution in [0.5, 0.6) is 5.75 Å². The molecule has 1 amide bonds. The van der Waals surface area contributed by atoms with Gasteiger partial charge in [0.25, 0.3) is 0 Å². The van der Waals surface area contributed by atoms with E-state index >= 15 is 0 Å². The molecule has 0 unspecified atom stereocenters. The molecule has 0 bridgehead atoms. The largest absolute Gasteiger partial charge is 0.495 e. The van der Waals surface area contributed by atoms with Gasteiger partial charge in [0.2, 0.25) is 5.91 Å². The molecule has 0 saturated carbocycles. The molecule has 0 aromatic carbocycles. The van der Waals surface area contributed by atoms with E-state index in [0.29, 0.717) is 18.1 Å². The number of anilines is 1. The number of pyridine rings is 1. The third-order valence-corrected chi connectivity index (χ3v) is 1.97. The van der Waals surface area contributed by atoms with E-state index in [1.165, 1.54) is 0 Å². The molecule has 2 N–H and O–H groups in total. The molecule has 1 aromatic rings. The Kier molecular flexibility index (Phi) is 5.11. The van der Waals surface area contributed by atoms with Crippen molar-refractivity contribution in [1.82, 2.24) is 10.3 Å². The van der Waals surface area contributed by atoms with Crippen LogP contribution in [0.2, 0.25) is 0 Å². The van der Waals surface area contributed by atoms with Crippen molar-refractivity contribution in [2.45, 2.75) is 13.3 Å². The predicted molar refractivity (Wildman–Crippen MR) is 62.6 cm³/mol. The van der Waals surface area contributed by atoms with Crippen LogP contribution in [-0.4, -0.2) is 31.1 Å². The van der Waals surface area contributed by atoms with Crippen molar-refractivity contribution in [2.75, 3.05) is 25.5 Å². The number of aromatic nitrogens is 1. The number of hydrogen-bond acceptors (Lipinski definition) is 4. The van der Waals surface area contributed by atoms with E-state index in [9.17, 15) is 4.79 Å². The molecule has 0 aliphatic carbocycles. The van der Waals surface area contributed by atoms with Gasteiger partial charge < -0.3 is 15.4 Å². The first kappa shape index (κ1) is 12.3. The minimum absolute atomic E-state index is 0.0283. The average Bonchev–Trinajstić information content (AvgIpc) is 2.34. The highest BCUT2D eigenvalue weighted by Crippen LogP contribution is 2.10. The summed E-state index contributed by atoms with van der Waals surface area (Å²) in [7, 11) is 1.59. The van der Waals surface area contributed by atoms with E-state index in [2.05, 4.69) is 15.6 Å². The molecule has 5 heteroatoms. The number of ether oxygens (including phenoxy) is 1. The van der Waals surface area contributed by atoms with Gasteiger partial charge in [-0.3, -0.25) is 4.79 Å². The molecule has 0 aliphatic heterocycles. The molecule has 1 rings (SSSR count). The van der Waals surface area contributed by atoms with Gasteiger partial charge in [0.1, 0.15) is 11.6 Å². The highest BCUT2D eigenvalue weighted by atomic mass is 16.5. The molecule has 5 nitrogen and oxygen atoms in total. The van der Waals surface area contributed by atoms with Gasteiger partial charge in [-0.2, -0.15) is 0 Å². The van der Waals surface area contributed by atoms with Crippen molar-refractivity contribution in [3.05, 3.63) is 18.3 Å². The molecule has 1 heterocycles. The number of carbonyl (C=O) groups is 1. The Morgan fingerprint density at radius 1 is 1.50 bits per heavy atom. The molecule has 0 saturated heterocycles. The van der Waals surface area contributed by atoms with Gasteiger partial charge in [0.05, 0.1) is 19.9 Å². The minimum atomic E-state index is -0.0283. The van der Waals surface area contributed by atoms with E-state index in [1.54, 1.807) is 25.4 Å². The van der Waals surface area contributed by atoms with Crippen LogP contribution in [-0.2, 0) is 4.79 Å². The smallest absolute Gasteiger partial charge is 0.239 e. The molecule has 16 heavy (non-hydrogen) atoms. The van der Waals surface area contributed by atoms with Gasteiger partial charge in [-0.15, -0.1) is 0 Å². The number of methoxy groups -OCH3 is 1. The fraction of sp³-hybridized carbons (Fsp3) is 0.455. The fourth-order valence-corrected chi connectivity index (χ4v) is 1.10. The van der Waals surface area contributed by atoms with Crippen molar-refractivity contribution in [3.8, 4) is 5.75 Å². The van der Waals surface area contributed by atoms with Crippen molar-refractivity contribution in [3.63, 3.8) is 0 Å². The summed E-state index contributed by atoms with van der Waals surface area (Å²) < 4.78 is 4.98. The van der Waals surface area contributed by atoms with Gasteiger partial charge in [-0.25, -0.2) is 4.98 Å². The number of rotatable bonds is 6. The standard InChI is InChI=1S/C11H17N3O2/c1-3-6-12-11(15)8-14-10-5-4-9(16-2)7-13-10/h4-5,7H,3,6,8H2,1-2H3,(H,12,15)(H,13,14). The van der Waals surface area contributed by atoms with Gasteiger partial charge in [-0.05, 0) is 18.6 Å². The van der Waals surface area contributed by atoms with Gasteiger partial charge in [-0.1, -0.05) is 6.92 Å². The Balaban J connectivity index is 2.33. The van der Waals surface area contributed by atoms with Crippen molar-refractivity contribution in [2.24, 2.45) is 0 Å². The van der Waals surface area contributed by atoms with Crippen LogP contribution in [0.1, 0.15) is 13.3 Å². The molecule has 0 atom stereocenters. The van der Waals surface area contributed by atoms with Crippen LogP contribution in [0.4, 0.5) is 5.82 Å². The van der Waals surface area contributed by atoms with Crippen LogP contribution < -0.4 is 15.4 Å². The van der Waals surface area contributed by atoms with E-state index in [-0.39, 0.29) is 12.5 Å². The van der Waals surface area contributed by atoms with Crippen molar-refractivity contribution in [1.29, 1.82) is 0 Å². The summed E-state index contributed by atoms with van der Waals surface area (Å²) in [5.41, 5.74) is 0. The highest BCUT2D eigenvalue weighted by molar-refractivity contribution is 5.80. The van der Waals surface area contributed by atoms with Crippen LogP contribution in [0, 0.1) is 0 Å². The summed E-state index contributed by atoms with van der Waals surface area (Å²) in [6, 6.07) is 3.56. The Labute approximate surface area is 95.2 Å². The SMILES string of the molecule is CCCNC(=O)CNc1ccc(OC)cn1. The van der Waals surface area contributed by atoms with Crippen LogP contribution in [0.25, 0.3) is 0 Å². The lowest BCUT2D eigenvalue weighted by Gasteiger charge is -2.06. The molecule has 0 fully saturated rings. The van der Waals surface area contributed by atoms with Crippen LogP contribution in [0.15, 0.2) is 18.3 Å². The lowest BCUT2D eigenvalue weighted by Crippen LogP contribution is -2.30. The summed E-state index contributed by atoms with van der Waals surface area (Å²) in [6.45, 7) is 2.95. The average molecular weight is 223 g/mol. The van der Waals surface area contributed by atoms with Crippen LogP contribution >= 0.6 is 0 Å². The zero-order chi connectivity index (χ0) is 11.8. The maximum absolute atomic E-state index is 11.3. The molecule has 88 valence electrons. The lowest BCUT2D eigenvalue weighted by molar-refractivity contribution is -0.119. The van der Waals surface area contributed by atoms with Gasteiger partial charge in [0, 0.05) is 6.54 Å². The van der Waals surface area contributed by atoms with E-state index < -0.39 is 0 Å². The quantitative estimate of drug-likeness (QED) is 0.756. The maximum atomic E-state index is 11.3. The lowest BCUT2D eigenvalue weighted by atomic mass is 10.4. The molecule has 0 radical (unpaired) electrons. The third-order valence-electron chi connectivity index (χ3n) is 1.97. The summed E-state index contributed by atoms with van der Waals surface area (Å²) >= 11 is 0. The number of nitrogens with zero attached hydrogens (tertiary/aromatic N) is 1. The first-order valence-electron chi connectivity index (χ1n) is 5.27. The second-order valence-corrected chi connectivity index (χ2v) is 3.29. The van der Waals surface area contributed by atoms with Crippen molar-refractivity contribution < 1.29 is 9.53 Å². The minimum Gasteiger partial charge on any atom is -0.495 e. The van der Waals surface area contributed by atoms with Crippen molar-refractivity contribution >= 4 is 11.7 Å². The maximum Gasteiger partial charge on any atom is 0.239 e. The topological polar surface area (TPSA) is 63.2 Å². The fourth-order valence-electron chi connectivity index (χ4n) is 1.10. The third kappa shape index (κ3) is 4.16. The summed E-state index contributed by atoms with van der Waals surface area (Å²) in [5, 5.41) is 5.70. The first-order chi connectivity index (χ1) is 7.76. The van der Waals surface area contributed by atoms with E-state index in [1.807, 2.05) is 6.92 Å². The Hall–Kier alpha value is -1.78. The molecule has 0 aliphatic rings. The zero-order valence-corrected chi connectivity index (χ0v) is 9.62. The number of carbonyl (C=O) groups excluding carboxylic acids is 1. The number of hydrogen-bond donors (Lipinski definition) is 2. The second-order valence-electron chi connectivity index (χ2n) is 3.29. The van der Waals surface area contributed by atoms with E-state index in [4.69, 9.17) is 4.74 Å². The van der Waals surface area contributed by atoms with Gasteiger partial charge >= 0.3 is 0 Å². The molecular weight excluding hydrogens is 206 g/mol. The summed E-state index contributed by atoms with van der Waals surface area (Å²) in [5.74, 6) is 1.33. The Bertz CT molecular complexity index is 325.